The molecule has 0 aromatic heterocycles. The third kappa shape index (κ3) is 2.65. The minimum absolute atomic E-state index is 0.534. The first-order chi connectivity index (χ1) is 6.95. The van der Waals surface area contributed by atoms with E-state index in [4.69, 9.17) is 10.2 Å². The molecule has 0 aliphatic rings. The lowest BCUT2D eigenvalue weighted by molar-refractivity contribution is 0.101. The van der Waals surface area contributed by atoms with E-state index in [0.29, 0.717) is 6.07 Å². The first-order valence-corrected chi connectivity index (χ1v) is 4.36. The zero-order chi connectivity index (χ0) is 12.2. The zero-order valence-electron chi connectivity index (χ0n) is 8.64. The van der Waals surface area contributed by atoms with Gasteiger partial charge in [-0.25, -0.2) is 8.78 Å². The molecule has 1 aromatic carbocycles. The van der Waals surface area contributed by atoms with Crippen molar-refractivity contribution in [2.45, 2.75) is 20.8 Å². The van der Waals surface area contributed by atoms with Crippen LogP contribution < -0.4 is 0 Å². The van der Waals surface area contributed by atoms with Crippen LogP contribution in [0.25, 0.3) is 0 Å². The molecule has 0 atom stereocenters. The highest BCUT2D eigenvalue weighted by Crippen LogP contribution is 2.32. The SMILES string of the molecule is CC.CC(=O)c1cc(F)c(O)c(O)c1F. The van der Waals surface area contributed by atoms with Crippen LogP contribution in [0.4, 0.5) is 8.78 Å². The number of carbonyl (C=O) groups is 1. The highest BCUT2D eigenvalue weighted by molar-refractivity contribution is 5.95. The summed E-state index contributed by atoms with van der Waals surface area (Å²) in [5, 5.41) is 17.5. The number of aromatic hydroxyl groups is 2. The van der Waals surface area contributed by atoms with Crippen LogP contribution in [0.1, 0.15) is 31.1 Å². The Balaban J connectivity index is 0.000000921. The molecule has 0 aliphatic carbocycles. The molecule has 84 valence electrons. The summed E-state index contributed by atoms with van der Waals surface area (Å²) in [5.74, 6) is -5.71. The van der Waals surface area contributed by atoms with Crippen molar-refractivity contribution in [2.24, 2.45) is 0 Å². The summed E-state index contributed by atoms with van der Waals surface area (Å²) < 4.78 is 25.5. The molecular formula is C10H12F2O3. The Labute approximate surface area is 86.0 Å². The van der Waals surface area contributed by atoms with Gasteiger partial charge >= 0.3 is 0 Å². The maximum Gasteiger partial charge on any atom is 0.197 e. The van der Waals surface area contributed by atoms with Gasteiger partial charge in [0, 0.05) is 0 Å². The van der Waals surface area contributed by atoms with Gasteiger partial charge in [0.25, 0.3) is 0 Å². The van der Waals surface area contributed by atoms with Crippen LogP contribution in [0.5, 0.6) is 11.5 Å². The standard InChI is InChI=1S/C8H6F2O3.C2H6/c1-3(11)4-2-5(9)7(12)8(13)6(4)10;1-2/h2,12-13H,1H3;1-2H3. The summed E-state index contributed by atoms with van der Waals surface area (Å²) in [7, 11) is 0. The second kappa shape index (κ2) is 5.29. The van der Waals surface area contributed by atoms with E-state index in [0.717, 1.165) is 6.92 Å². The van der Waals surface area contributed by atoms with Crippen molar-refractivity contribution in [2.75, 3.05) is 0 Å². The number of hydrogen-bond donors (Lipinski definition) is 2. The summed E-state index contributed by atoms with van der Waals surface area (Å²) in [4.78, 5) is 10.7. The summed E-state index contributed by atoms with van der Waals surface area (Å²) in [6.45, 7) is 5.02. The molecule has 0 aliphatic heterocycles. The number of benzene rings is 1. The molecule has 0 unspecified atom stereocenters. The van der Waals surface area contributed by atoms with Gasteiger partial charge in [-0.2, -0.15) is 0 Å². The van der Waals surface area contributed by atoms with Crippen LogP contribution in [0.15, 0.2) is 6.07 Å². The largest absolute Gasteiger partial charge is 0.502 e. The molecule has 0 fully saturated rings. The van der Waals surface area contributed by atoms with Gasteiger partial charge in [-0.1, -0.05) is 13.8 Å². The maximum absolute atomic E-state index is 12.9. The molecule has 0 spiro atoms. The lowest BCUT2D eigenvalue weighted by Crippen LogP contribution is -1.98. The second-order valence-electron chi connectivity index (χ2n) is 2.47. The first kappa shape index (κ1) is 13.4. The number of phenols is 2. The highest BCUT2D eigenvalue weighted by atomic mass is 19.1. The maximum atomic E-state index is 12.9. The van der Waals surface area contributed by atoms with Crippen LogP contribution in [0.2, 0.25) is 0 Å². The number of Topliss-reactive ketones (excluding diaryl/α,β-unsaturated/α-hetero) is 1. The number of carbonyl (C=O) groups excluding carboxylic acids is 1. The predicted molar refractivity (Wildman–Crippen MR) is 51.0 cm³/mol. The van der Waals surface area contributed by atoms with Gasteiger partial charge in [-0.05, 0) is 13.0 Å². The van der Waals surface area contributed by atoms with Crippen molar-refractivity contribution in [3.8, 4) is 11.5 Å². The lowest BCUT2D eigenvalue weighted by atomic mass is 10.1. The summed E-state index contributed by atoms with van der Waals surface area (Å²) >= 11 is 0. The predicted octanol–water partition coefficient (Wildman–Crippen LogP) is 2.60. The molecule has 2 N–H and O–H groups in total. The van der Waals surface area contributed by atoms with E-state index in [2.05, 4.69) is 0 Å². The molecule has 0 radical (unpaired) electrons. The quantitative estimate of drug-likeness (QED) is 0.562. The lowest BCUT2D eigenvalue weighted by Gasteiger charge is -2.03. The fourth-order valence-electron chi connectivity index (χ4n) is 0.859. The Morgan fingerprint density at radius 3 is 2.07 bits per heavy atom. The van der Waals surface area contributed by atoms with Gasteiger partial charge in [-0.3, -0.25) is 4.79 Å². The van der Waals surface area contributed by atoms with Crippen LogP contribution in [0.3, 0.4) is 0 Å². The summed E-state index contributed by atoms with van der Waals surface area (Å²) in [6, 6.07) is 0.534. The number of halogens is 2. The average Bonchev–Trinajstić information content (AvgIpc) is 2.23. The Bertz CT molecular complexity index is 375. The molecule has 1 aromatic rings. The van der Waals surface area contributed by atoms with E-state index in [1.165, 1.54) is 0 Å². The van der Waals surface area contributed by atoms with Crippen molar-refractivity contribution in [1.82, 2.24) is 0 Å². The minimum atomic E-state index is -1.31. The first-order valence-electron chi connectivity index (χ1n) is 4.36. The van der Waals surface area contributed by atoms with Gasteiger partial charge in [-0.15, -0.1) is 0 Å². The molecular weight excluding hydrogens is 206 g/mol. The third-order valence-electron chi connectivity index (χ3n) is 1.55. The van der Waals surface area contributed by atoms with Crippen LogP contribution in [-0.4, -0.2) is 16.0 Å². The van der Waals surface area contributed by atoms with Gasteiger partial charge in [0.2, 0.25) is 0 Å². The topological polar surface area (TPSA) is 57.5 Å². The number of phenolic OH excluding ortho intramolecular Hbond substituents is 2. The van der Waals surface area contributed by atoms with Crippen molar-refractivity contribution in [1.29, 1.82) is 0 Å². The molecule has 15 heavy (non-hydrogen) atoms. The number of ketones is 1. The highest BCUT2D eigenvalue weighted by Gasteiger charge is 2.19. The van der Waals surface area contributed by atoms with E-state index in [1.54, 1.807) is 0 Å². The van der Waals surface area contributed by atoms with Crippen molar-refractivity contribution < 1.29 is 23.8 Å². The van der Waals surface area contributed by atoms with E-state index in [9.17, 15) is 13.6 Å². The molecule has 0 saturated carbocycles. The van der Waals surface area contributed by atoms with Gasteiger partial charge in [0.05, 0.1) is 5.56 Å². The van der Waals surface area contributed by atoms with E-state index in [1.807, 2.05) is 13.8 Å². The molecule has 3 nitrogen and oxygen atoms in total. The minimum Gasteiger partial charge on any atom is -0.502 e. The van der Waals surface area contributed by atoms with Crippen molar-refractivity contribution in [3.05, 3.63) is 23.3 Å². The summed E-state index contributed by atoms with van der Waals surface area (Å²) in [5.41, 5.74) is -0.590. The summed E-state index contributed by atoms with van der Waals surface area (Å²) in [6.07, 6.45) is 0. The van der Waals surface area contributed by atoms with Gasteiger partial charge in [0.15, 0.2) is 28.9 Å². The molecule has 5 heteroatoms. The Hall–Kier alpha value is -1.65. The molecule has 1 rings (SSSR count). The number of rotatable bonds is 1. The van der Waals surface area contributed by atoms with Gasteiger partial charge in [0.1, 0.15) is 0 Å². The Kier molecular flexibility index (Phi) is 4.70. The molecule has 0 amide bonds. The van der Waals surface area contributed by atoms with Crippen LogP contribution in [0, 0.1) is 11.6 Å². The van der Waals surface area contributed by atoms with Crippen molar-refractivity contribution in [3.63, 3.8) is 0 Å². The van der Waals surface area contributed by atoms with E-state index in [-0.39, 0.29) is 0 Å². The second-order valence-corrected chi connectivity index (χ2v) is 2.47. The normalized spacial score (nSPS) is 9.13. The smallest absolute Gasteiger partial charge is 0.197 e. The van der Waals surface area contributed by atoms with E-state index >= 15 is 0 Å². The fraction of sp³-hybridized carbons (Fsp3) is 0.300. The van der Waals surface area contributed by atoms with E-state index < -0.39 is 34.5 Å². The monoisotopic (exact) mass is 218 g/mol. The van der Waals surface area contributed by atoms with Crippen LogP contribution in [-0.2, 0) is 0 Å². The average molecular weight is 218 g/mol. The third-order valence-corrected chi connectivity index (χ3v) is 1.55. The van der Waals surface area contributed by atoms with Crippen molar-refractivity contribution >= 4 is 5.78 Å². The number of hydrogen-bond acceptors (Lipinski definition) is 3. The molecule has 0 saturated heterocycles. The fourth-order valence-corrected chi connectivity index (χ4v) is 0.859. The Morgan fingerprint density at radius 1 is 1.20 bits per heavy atom. The zero-order valence-corrected chi connectivity index (χ0v) is 8.64. The molecule has 0 bridgehead atoms. The van der Waals surface area contributed by atoms with Crippen LogP contribution >= 0.6 is 0 Å². The Morgan fingerprint density at radius 2 is 1.67 bits per heavy atom. The van der Waals surface area contributed by atoms with Gasteiger partial charge < -0.3 is 10.2 Å². The molecule has 0 heterocycles.